The van der Waals surface area contributed by atoms with Crippen molar-refractivity contribution in [1.29, 1.82) is 0 Å². The molecule has 0 bridgehead atoms. The fourth-order valence-electron chi connectivity index (χ4n) is 1.97. The summed E-state index contributed by atoms with van der Waals surface area (Å²) < 4.78 is 5.23. The Balaban J connectivity index is 3.05. The van der Waals surface area contributed by atoms with Crippen LogP contribution in [0, 0.1) is 0 Å². The maximum atomic E-state index is 6.08. The largest absolute Gasteiger partial charge is 0.383 e. The second kappa shape index (κ2) is 7.24. The number of hydrogen-bond donors (Lipinski definition) is 0. The summed E-state index contributed by atoms with van der Waals surface area (Å²) in [4.78, 5) is 2.31. The van der Waals surface area contributed by atoms with E-state index < -0.39 is 0 Å². The molecule has 0 N–H and O–H groups in total. The van der Waals surface area contributed by atoms with Gasteiger partial charge in [-0.2, -0.15) is 0 Å². The van der Waals surface area contributed by atoms with Crippen molar-refractivity contribution in [2.45, 2.75) is 25.2 Å². The molecule has 0 aliphatic rings. The summed E-state index contributed by atoms with van der Waals surface area (Å²) in [6.07, 6.45) is 0. The van der Waals surface area contributed by atoms with Gasteiger partial charge in [-0.1, -0.05) is 33.6 Å². The molecule has 0 amide bonds. The summed E-state index contributed by atoms with van der Waals surface area (Å²) in [5.74, 6) is 0. The highest BCUT2D eigenvalue weighted by molar-refractivity contribution is 9.08. The maximum Gasteiger partial charge on any atom is 0.0663 e. The number of hydrogen-bond acceptors (Lipinski definition) is 2. The lowest BCUT2D eigenvalue weighted by Gasteiger charge is -2.31. The Kier molecular flexibility index (Phi) is 6.31. The molecule has 0 aliphatic carbocycles. The Morgan fingerprint density at radius 3 is 2.71 bits per heavy atom. The molecule has 0 aromatic heterocycles. The van der Waals surface area contributed by atoms with Gasteiger partial charge in [0.15, 0.2) is 0 Å². The molecule has 1 rings (SSSR count). The number of alkyl halides is 1. The van der Waals surface area contributed by atoms with E-state index in [4.69, 9.17) is 16.3 Å². The Bertz CT molecular complexity index is 359. The Morgan fingerprint density at radius 2 is 2.18 bits per heavy atom. The molecule has 1 unspecified atom stereocenters. The van der Waals surface area contributed by atoms with Crippen molar-refractivity contribution in [3.8, 4) is 0 Å². The number of likely N-dealkylation sites (N-methyl/N-ethyl adjacent to an activating group) is 1. The smallest absolute Gasteiger partial charge is 0.0663 e. The fourth-order valence-corrected chi connectivity index (χ4v) is 2.61. The van der Waals surface area contributed by atoms with E-state index in [1.165, 1.54) is 11.3 Å². The van der Waals surface area contributed by atoms with Crippen LogP contribution in [0.1, 0.15) is 19.4 Å². The van der Waals surface area contributed by atoms with Gasteiger partial charge in [-0.05, 0) is 31.5 Å². The first kappa shape index (κ1) is 14.8. The van der Waals surface area contributed by atoms with Crippen LogP contribution in [-0.2, 0) is 10.1 Å². The highest BCUT2D eigenvalue weighted by Crippen LogP contribution is 2.28. The highest BCUT2D eigenvalue weighted by atomic mass is 79.9. The van der Waals surface area contributed by atoms with Gasteiger partial charge in [-0.3, -0.25) is 0 Å². The van der Waals surface area contributed by atoms with Crippen molar-refractivity contribution < 1.29 is 4.74 Å². The summed E-state index contributed by atoms with van der Waals surface area (Å²) in [6.45, 7) is 5.95. The molecular formula is C13H19BrClNO. The zero-order valence-electron chi connectivity index (χ0n) is 10.5. The molecule has 0 heterocycles. The fraction of sp³-hybridized carbons (Fsp3) is 0.538. The van der Waals surface area contributed by atoms with Crippen LogP contribution in [0.25, 0.3) is 0 Å². The van der Waals surface area contributed by atoms with Crippen LogP contribution in [0.15, 0.2) is 18.2 Å². The lowest BCUT2D eigenvalue weighted by atomic mass is 10.1. The SMILES string of the molecule is CCN(c1cc(Cl)ccc1CBr)C(C)COC. The van der Waals surface area contributed by atoms with Gasteiger partial charge in [0.25, 0.3) is 0 Å². The summed E-state index contributed by atoms with van der Waals surface area (Å²) in [7, 11) is 1.73. The Labute approximate surface area is 117 Å². The molecule has 1 aromatic rings. The van der Waals surface area contributed by atoms with Gasteiger partial charge >= 0.3 is 0 Å². The third-order valence-corrected chi connectivity index (χ3v) is 3.62. The molecule has 96 valence electrons. The zero-order valence-corrected chi connectivity index (χ0v) is 12.9. The summed E-state index contributed by atoms with van der Waals surface area (Å²) in [5.41, 5.74) is 2.43. The maximum absolute atomic E-state index is 6.08. The second-order valence-corrected chi connectivity index (χ2v) is 4.99. The van der Waals surface area contributed by atoms with Crippen molar-refractivity contribution in [3.63, 3.8) is 0 Å². The predicted molar refractivity (Wildman–Crippen MR) is 78.4 cm³/mol. The first-order valence-corrected chi connectivity index (χ1v) is 7.23. The summed E-state index contributed by atoms with van der Waals surface area (Å²) >= 11 is 9.60. The molecule has 0 aliphatic heterocycles. The minimum absolute atomic E-state index is 0.335. The van der Waals surface area contributed by atoms with Crippen LogP contribution >= 0.6 is 27.5 Å². The van der Waals surface area contributed by atoms with Crippen LogP contribution in [0.5, 0.6) is 0 Å². The van der Waals surface area contributed by atoms with Crippen LogP contribution in [-0.4, -0.2) is 26.3 Å². The van der Waals surface area contributed by atoms with E-state index in [0.717, 1.165) is 16.9 Å². The second-order valence-electron chi connectivity index (χ2n) is 4.00. The van der Waals surface area contributed by atoms with Crippen LogP contribution in [0.4, 0.5) is 5.69 Å². The average molecular weight is 321 g/mol. The Hall–Kier alpha value is -0.250. The molecule has 0 saturated heterocycles. The molecule has 1 atom stereocenters. The number of methoxy groups -OCH3 is 1. The third-order valence-electron chi connectivity index (χ3n) is 2.78. The number of rotatable bonds is 6. The topological polar surface area (TPSA) is 12.5 Å². The van der Waals surface area contributed by atoms with Gasteiger partial charge in [0, 0.05) is 35.7 Å². The number of halogens is 2. The number of benzene rings is 1. The van der Waals surface area contributed by atoms with E-state index in [-0.39, 0.29) is 0 Å². The van der Waals surface area contributed by atoms with Gasteiger partial charge in [0.1, 0.15) is 0 Å². The van der Waals surface area contributed by atoms with Gasteiger partial charge in [-0.15, -0.1) is 0 Å². The monoisotopic (exact) mass is 319 g/mol. The molecule has 0 spiro atoms. The highest BCUT2D eigenvalue weighted by Gasteiger charge is 2.15. The molecule has 0 fully saturated rings. The van der Waals surface area contributed by atoms with E-state index >= 15 is 0 Å². The molecule has 0 radical (unpaired) electrons. The lowest BCUT2D eigenvalue weighted by Crippen LogP contribution is -2.36. The number of anilines is 1. The van der Waals surface area contributed by atoms with Crippen LogP contribution in [0.3, 0.4) is 0 Å². The molecule has 4 heteroatoms. The van der Waals surface area contributed by atoms with Gasteiger partial charge in [0.05, 0.1) is 6.61 Å². The molecule has 17 heavy (non-hydrogen) atoms. The molecular weight excluding hydrogens is 302 g/mol. The predicted octanol–water partition coefficient (Wildman–Crippen LogP) is 4.10. The third kappa shape index (κ3) is 3.87. The van der Waals surface area contributed by atoms with Crippen LogP contribution < -0.4 is 4.90 Å². The lowest BCUT2D eigenvalue weighted by molar-refractivity contribution is 0.182. The quantitative estimate of drug-likeness (QED) is 0.732. The molecule has 1 aromatic carbocycles. The minimum Gasteiger partial charge on any atom is -0.383 e. The molecule has 0 saturated carbocycles. The standard InChI is InChI=1S/C13H19BrClNO/c1-4-16(10(2)9-17-3)13-7-12(15)6-5-11(13)8-14/h5-7,10H,4,8-9H2,1-3H3. The van der Waals surface area contributed by atoms with E-state index in [1.54, 1.807) is 7.11 Å². The van der Waals surface area contributed by atoms with Crippen molar-refractivity contribution in [2.24, 2.45) is 0 Å². The van der Waals surface area contributed by atoms with Gasteiger partial charge in [0.2, 0.25) is 0 Å². The van der Waals surface area contributed by atoms with Crippen molar-refractivity contribution >= 4 is 33.2 Å². The number of ether oxygens (including phenoxy) is 1. The zero-order chi connectivity index (χ0) is 12.8. The van der Waals surface area contributed by atoms with Crippen molar-refractivity contribution in [1.82, 2.24) is 0 Å². The van der Waals surface area contributed by atoms with Gasteiger partial charge in [-0.25, -0.2) is 0 Å². The summed E-state index contributed by atoms with van der Waals surface area (Å²) in [5, 5.41) is 1.60. The normalized spacial score (nSPS) is 12.5. The van der Waals surface area contributed by atoms with E-state index in [9.17, 15) is 0 Å². The average Bonchev–Trinajstić information content (AvgIpc) is 2.31. The minimum atomic E-state index is 0.335. The number of nitrogens with zero attached hydrogens (tertiary/aromatic N) is 1. The van der Waals surface area contributed by atoms with E-state index in [0.29, 0.717) is 12.6 Å². The first-order valence-electron chi connectivity index (χ1n) is 5.74. The van der Waals surface area contributed by atoms with Gasteiger partial charge < -0.3 is 9.64 Å². The van der Waals surface area contributed by atoms with Crippen molar-refractivity contribution in [2.75, 3.05) is 25.2 Å². The van der Waals surface area contributed by atoms with E-state index in [2.05, 4.69) is 40.7 Å². The summed E-state index contributed by atoms with van der Waals surface area (Å²) in [6, 6.07) is 6.35. The Morgan fingerprint density at radius 1 is 1.47 bits per heavy atom. The van der Waals surface area contributed by atoms with Crippen molar-refractivity contribution in [3.05, 3.63) is 28.8 Å². The van der Waals surface area contributed by atoms with E-state index in [1.807, 2.05) is 12.1 Å². The van der Waals surface area contributed by atoms with Crippen LogP contribution in [0.2, 0.25) is 5.02 Å². The first-order chi connectivity index (χ1) is 8.13. The molecule has 2 nitrogen and oxygen atoms in total.